The number of imidazole rings is 1. The smallest absolute Gasteiger partial charge is 0.305 e. The minimum absolute atomic E-state index is 0.0408. The summed E-state index contributed by atoms with van der Waals surface area (Å²) in [6.07, 6.45) is 0.0408. The number of nitrogens with zero attached hydrogens (tertiary/aromatic N) is 2. The predicted molar refractivity (Wildman–Crippen MR) is 61.7 cm³/mol. The molecule has 1 N–H and O–H groups in total. The van der Waals surface area contributed by atoms with Crippen LogP contribution in [0.15, 0.2) is 18.2 Å². The molecule has 0 aliphatic heterocycles. The van der Waals surface area contributed by atoms with Gasteiger partial charge in [-0.1, -0.05) is 12.1 Å². The van der Waals surface area contributed by atoms with Gasteiger partial charge in [0.1, 0.15) is 0 Å². The van der Waals surface area contributed by atoms with E-state index in [4.69, 9.17) is 16.7 Å². The zero-order valence-electron chi connectivity index (χ0n) is 8.77. The van der Waals surface area contributed by atoms with Gasteiger partial charge < -0.3 is 9.67 Å². The Morgan fingerprint density at radius 3 is 3.00 bits per heavy atom. The number of aromatic nitrogens is 2. The Balaban J connectivity index is 2.48. The van der Waals surface area contributed by atoms with E-state index in [1.165, 1.54) is 0 Å². The number of hydrogen-bond donors (Lipinski definition) is 1. The Labute approximate surface area is 97.5 Å². The van der Waals surface area contributed by atoms with Crippen LogP contribution in [0.1, 0.15) is 12.0 Å². The highest BCUT2D eigenvalue weighted by Gasteiger charge is 2.10. The van der Waals surface area contributed by atoms with E-state index in [9.17, 15) is 4.79 Å². The Morgan fingerprint density at radius 1 is 1.56 bits per heavy atom. The van der Waals surface area contributed by atoms with E-state index in [1.54, 1.807) is 4.57 Å². The molecule has 4 nitrogen and oxygen atoms in total. The van der Waals surface area contributed by atoms with Crippen molar-refractivity contribution in [2.45, 2.75) is 19.9 Å². The zero-order valence-corrected chi connectivity index (χ0v) is 9.53. The summed E-state index contributed by atoms with van der Waals surface area (Å²) in [6, 6.07) is 5.75. The molecular formula is C11H11ClN2O2. The van der Waals surface area contributed by atoms with Crippen molar-refractivity contribution in [2.75, 3.05) is 0 Å². The van der Waals surface area contributed by atoms with Crippen molar-refractivity contribution >= 4 is 28.6 Å². The molecule has 1 aromatic carbocycles. The first-order chi connectivity index (χ1) is 7.59. The van der Waals surface area contributed by atoms with Crippen LogP contribution >= 0.6 is 11.6 Å². The summed E-state index contributed by atoms with van der Waals surface area (Å²) in [7, 11) is 0. The van der Waals surface area contributed by atoms with Gasteiger partial charge in [-0.25, -0.2) is 4.98 Å². The van der Waals surface area contributed by atoms with E-state index >= 15 is 0 Å². The molecule has 0 aliphatic rings. The lowest BCUT2D eigenvalue weighted by atomic mass is 10.2. The second-order valence-corrected chi connectivity index (χ2v) is 3.96. The molecule has 0 aliphatic carbocycles. The number of fused-ring (bicyclic) bond motifs is 1. The van der Waals surface area contributed by atoms with E-state index < -0.39 is 5.97 Å². The topological polar surface area (TPSA) is 55.1 Å². The molecule has 0 radical (unpaired) electrons. The predicted octanol–water partition coefficient (Wildman–Crippen LogP) is 2.47. The largest absolute Gasteiger partial charge is 0.481 e. The number of carboxylic acid groups (broad SMARTS) is 1. The standard InChI is InChI=1S/C11H11ClN2O2/c1-7-3-2-4-8-10(7)13-11(12)14(8)6-5-9(15)16/h2-4H,5-6H2,1H3,(H,15,16). The normalized spacial score (nSPS) is 10.9. The maximum absolute atomic E-state index is 10.5. The maximum Gasteiger partial charge on any atom is 0.305 e. The summed E-state index contributed by atoms with van der Waals surface area (Å²) < 4.78 is 1.72. The van der Waals surface area contributed by atoms with Crippen LogP contribution in [0.5, 0.6) is 0 Å². The molecule has 1 aromatic heterocycles. The molecule has 2 aromatic rings. The first-order valence-electron chi connectivity index (χ1n) is 4.92. The van der Waals surface area contributed by atoms with Crippen LogP contribution in [0, 0.1) is 6.92 Å². The van der Waals surface area contributed by atoms with Gasteiger partial charge in [0, 0.05) is 6.54 Å². The van der Waals surface area contributed by atoms with Crippen molar-refractivity contribution < 1.29 is 9.90 Å². The van der Waals surface area contributed by atoms with Gasteiger partial charge in [0.25, 0.3) is 0 Å². The minimum Gasteiger partial charge on any atom is -0.481 e. The lowest BCUT2D eigenvalue weighted by molar-refractivity contribution is -0.137. The summed E-state index contributed by atoms with van der Waals surface area (Å²) in [6.45, 7) is 2.29. The van der Waals surface area contributed by atoms with Gasteiger partial charge in [0.15, 0.2) is 0 Å². The van der Waals surface area contributed by atoms with Gasteiger partial charge in [-0.3, -0.25) is 4.79 Å². The quantitative estimate of drug-likeness (QED) is 0.894. The average Bonchev–Trinajstić information content (AvgIpc) is 2.53. The lowest BCUT2D eigenvalue weighted by Gasteiger charge is -2.03. The Morgan fingerprint density at radius 2 is 2.31 bits per heavy atom. The number of halogens is 1. The number of aliphatic carboxylic acids is 1. The van der Waals surface area contributed by atoms with Gasteiger partial charge >= 0.3 is 5.97 Å². The third kappa shape index (κ3) is 1.88. The molecule has 5 heteroatoms. The Bertz CT molecular complexity index is 548. The van der Waals surface area contributed by atoms with Gasteiger partial charge in [-0.2, -0.15) is 0 Å². The van der Waals surface area contributed by atoms with E-state index in [0.29, 0.717) is 11.8 Å². The first kappa shape index (κ1) is 11.0. The first-order valence-corrected chi connectivity index (χ1v) is 5.30. The highest BCUT2D eigenvalue weighted by atomic mass is 35.5. The molecule has 0 saturated heterocycles. The molecule has 0 fully saturated rings. The number of benzene rings is 1. The third-order valence-corrected chi connectivity index (χ3v) is 2.77. The molecule has 0 unspecified atom stereocenters. The van der Waals surface area contributed by atoms with Crippen LogP contribution in [0.4, 0.5) is 0 Å². The molecule has 0 spiro atoms. The van der Waals surface area contributed by atoms with Crippen molar-refractivity contribution in [3.63, 3.8) is 0 Å². The second-order valence-electron chi connectivity index (χ2n) is 3.62. The van der Waals surface area contributed by atoms with Crippen LogP contribution in [0.25, 0.3) is 11.0 Å². The Kier molecular flexibility index (Phi) is 2.83. The molecule has 84 valence electrons. The van der Waals surface area contributed by atoms with Gasteiger partial charge in [-0.15, -0.1) is 0 Å². The molecule has 2 rings (SSSR count). The van der Waals surface area contributed by atoms with Crippen molar-refractivity contribution in [1.82, 2.24) is 9.55 Å². The van der Waals surface area contributed by atoms with Gasteiger partial charge in [0.05, 0.1) is 17.5 Å². The van der Waals surface area contributed by atoms with Crippen molar-refractivity contribution in [3.8, 4) is 0 Å². The minimum atomic E-state index is -0.842. The summed E-state index contributed by atoms with van der Waals surface area (Å²) in [5, 5.41) is 8.99. The molecule has 0 bridgehead atoms. The Hall–Kier alpha value is -1.55. The SMILES string of the molecule is Cc1cccc2c1nc(Cl)n2CCC(=O)O. The fraction of sp³-hybridized carbons (Fsp3) is 0.273. The van der Waals surface area contributed by atoms with Crippen molar-refractivity contribution in [1.29, 1.82) is 0 Å². The van der Waals surface area contributed by atoms with Crippen LogP contribution < -0.4 is 0 Å². The maximum atomic E-state index is 10.5. The molecule has 0 amide bonds. The number of carboxylic acids is 1. The highest BCUT2D eigenvalue weighted by Crippen LogP contribution is 2.22. The molecule has 1 heterocycles. The monoisotopic (exact) mass is 238 g/mol. The van der Waals surface area contributed by atoms with Crippen LogP contribution in [0.2, 0.25) is 5.28 Å². The fourth-order valence-electron chi connectivity index (χ4n) is 1.68. The average molecular weight is 239 g/mol. The van der Waals surface area contributed by atoms with Crippen LogP contribution in [-0.4, -0.2) is 20.6 Å². The molecule has 16 heavy (non-hydrogen) atoms. The van der Waals surface area contributed by atoms with E-state index in [0.717, 1.165) is 16.6 Å². The number of para-hydroxylation sites is 1. The summed E-state index contributed by atoms with van der Waals surface area (Å²) in [4.78, 5) is 14.8. The molecular weight excluding hydrogens is 228 g/mol. The molecule has 0 atom stereocenters. The summed E-state index contributed by atoms with van der Waals surface area (Å²) in [5.74, 6) is -0.842. The van der Waals surface area contributed by atoms with E-state index in [-0.39, 0.29) is 6.42 Å². The third-order valence-electron chi connectivity index (χ3n) is 2.48. The number of hydrogen-bond acceptors (Lipinski definition) is 2. The van der Waals surface area contributed by atoms with Crippen LogP contribution in [-0.2, 0) is 11.3 Å². The number of rotatable bonds is 3. The van der Waals surface area contributed by atoms with Crippen molar-refractivity contribution in [2.24, 2.45) is 0 Å². The lowest BCUT2D eigenvalue weighted by Crippen LogP contribution is -2.04. The summed E-state index contributed by atoms with van der Waals surface area (Å²) in [5.41, 5.74) is 2.75. The van der Waals surface area contributed by atoms with Crippen LogP contribution in [0.3, 0.4) is 0 Å². The van der Waals surface area contributed by atoms with E-state index in [1.807, 2.05) is 25.1 Å². The zero-order chi connectivity index (χ0) is 11.7. The number of carbonyl (C=O) groups is 1. The fourth-order valence-corrected chi connectivity index (χ4v) is 1.94. The highest BCUT2D eigenvalue weighted by molar-refractivity contribution is 6.29. The van der Waals surface area contributed by atoms with E-state index in [2.05, 4.69) is 4.98 Å². The summed E-state index contributed by atoms with van der Waals surface area (Å²) >= 11 is 5.98. The van der Waals surface area contributed by atoms with Gasteiger partial charge in [-0.05, 0) is 30.2 Å². The number of aryl methyl sites for hydroxylation is 2. The second kappa shape index (κ2) is 4.14. The van der Waals surface area contributed by atoms with Gasteiger partial charge in [0.2, 0.25) is 5.28 Å². The van der Waals surface area contributed by atoms with Crippen molar-refractivity contribution in [3.05, 3.63) is 29.0 Å². The molecule has 0 saturated carbocycles.